The standard InChI is InChI=1S/C34H45N4O4P/c1-6-10-24(11-7-2)18-32(39)28-20-27-13-12-26(21-31(27)37-33(35)22-28)25-14-15-30-29(19-25)23-36-38(34(30)40)16-17-43(5,41-8-3)42-9-4/h12-15,19-21,23-24H,5-11,16-18,22H2,1-4H3,(H2,35,37). The van der Waals surface area contributed by atoms with Gasteiger partial charge in [-0.3, -0.25) is 9.59 Å². The van der Waals surface area contributed by atoms with Crippen LogP contribution in [0.25, 0.3) is 28.0 Å². The molecule has 43 heavy (non-hydrogen) atoms. The molecule has 0 bridgehead atoms. The topological polar surface area (TPSA) is 109 Å². The summed E-state index contributed by atoms with van der Waals surface area (Å²) in [5, 5.41) is 5.77. The molecule has 0 saturated heterocycles. The van der Waals surface area contributed by atoms with E-state index in [-0.39, 0.29) is 11.3 Å². The van der Waals surface area contributed by atoms with Gasteiger partial charge >= 0.3 is 0 Å². The Morgan fingerprint density at radius 3 is 2.40 bits per heavy atom. The van der Waals surface area contributed by atoms with Crippen LogP contribution in [0.3, 0.4) is 0 Å². The van der Waals surface area contributed by atoms with Crippen molar-refractivity contribution in [3.05, 3.63) is 64.1 Å². The second kappa shape index (κ2) is 14.9. The first-order chi connectivity index (χ1) is 20.7. The van der Waals surface area contributed by atoms with Gasteiger partial charge in [0.05, 0.1) is 37.0 Å². The summed E-state index contributed by atoms with van der Waals surface area (Å²) in [6.07, 6.45) is 13.5. The van der Waals surface area contributed by atoms with E-state index in [2.05, 4.69) is 30.2 Å². The quantitative estimate of drug-likeness (QED) is 0.182. The van der Waals surface area contributed by atoms with Gasteiger partial charge in [-0.2, -0.15) is 5.10 Å². The Hall–Kier alpha value is -3.32. The number of benzene rings is 2. The molecule has 0 aliphatic carbocycles. The van der Waals surface area contributed by atoms with Gasteiger partial charge in [0.15, 0.2) is 5.78 Å². The fourth-order valence-corrected chi connectivity index (χ4v) is 7.49. The van der Waals surface area contributed by atoms with Gasteiger partial charge in [-0.25, -0.2) is 9.67 Å². The van der Waals surface area contributed by atoms with Gasteiger partial charge in [0.25, 0.3) is 5.56 Å². The molecule has 0 atom stereocenters. The molecule has 230 valence electrons. The van der Waals surface area contributed by atoms with Gasteiger partial charge in [0.2, 0.25) is 0 Å². The summed E-state index contributed by atoms with van der Waals surface area (Å²) < 4.78 is 13.0. The van der Waals surface area contributed by atoms with Gasteiger partial charge in [0, 0.05) is 35.5 Å². The minimum absolute atomic E-state index is 0.160. The van der Waals surface area contributed by atoms with Crippen molar-refractivity contribution in [2.75, 3.05) is 19.4 Å². The molecule has 1 aromatic heterocycles. The van der Waals surface area contributed by atoms with Crippen molar-refractivity contribution >= 4 is 47.8 Å². The maximum Gasteiger partial charge on any atom is 0.274 e. The van der Waals surface area contributed by atoms with Crippen molar-refractivity contribution in [2.45, 2.75) is 72.8 Å². The van der Waals surface area contributed by atoms with Crippen LogP contribution in [0, 0.1) is 5.92 Å². The number of carbonyl (C=O) groups is 1. The largest absolute Gasteiger partial charge is 0.387 e. The highest BCUT2D eigenvalue weighted by Gasteiger charge is 2.20. The highest BCUT2D eigenvalue weighted by atomic mass is 31.2. The Balaban J connectivity index is 1.58. The Labute approximate surface area is 255 Å². The molecule has 1 aliphatic heterocycles. The van der Waals surface area contributed by atoms with Crippen molar-refractivity contribution < 1.29 is 13.8 Å². The minimum atomic E-state index is -2.29. The number of nitrogens with two attached hydrogens (primary N) is 1. The zero-order valence-corrected chi connectivity index (χ0v) is 26.9. The zero-order chi connectivity index (χ0) is 31.0. The Kier molecular flexibility index (Phi) is 11.3. The number of aromatic nitrogens is 2. The molecule has 8 nitrogen and oxygen atoms in total. The van der Waals surface area contributed by atoms with E-state index >= 15 is 0 Å². The van der Waals surface area contributed by atoms with Crippen molar-refractivity contribution in [3.63, 3.8) is 0 Å². The van der Waals surface area contributed by atoms with Crippen LogP contribution in [0.1, 0.15) is 71.8 Å². The minimum Gasteiger partial charge on any atom is -0.387 e. The van der Waals surface area contributed by atoms with E-state index in [4.69, 9.17) is 14.8 Å². The normalized spacial score (nSPS) is 13.5. The number of Topliss-reactive ketones (excluding diaryl/α,β-unsaturated/α-hetero) is 1. The molecule has 4 rings (SSSR count). The van der Waals surface area contributed by atoms with Crippen LogP contribution in [-0.4, -0.2) is 47.1 Å². The molecule has 3 aromatic rings. The third-order valence-corrected chi connectivity index (χ3v) is 10.1. The van der Waals surface area contributed by atoms with Crippen molar-refractivity contribution in [1.82, 2.24) is 9.78 Å². The molecule has 0 unspecified atom stereocenters. The maximum absolute atomic E-state index is 13.3. The second-order valence-corrected chi connectivity index (χ2v) is 13.7. The first-order valence-corrected chi connectivity index (χ1v) is 17.4. The lowest BCUT2D eigenvalue weighted by molar-refractivity contribution is -0.116. The summed E-state index contributed by atoms with van der Waals surface area (Å²) in [5.74, 6) is 0.999. The average molecular weight is 605 g/mol. The summed E-state index contributed by atoms with van der Waals surface area (Å²) in [6.45, 7) is 9.55. The van der Waals surface area contributed by atoms with Crippen LogP contribution in [0.2, 0.25) is 0 Å². The number of hydrogen-bond donors (Lipinski definition) is 1. The van der Waals surface area contributed by atoms with E-state index in [9.17, 15) is 9.59 Å². The predicted octanol–water partition coefficient (Wildman–Crippen LogP) is 7.37. The number of fused-ring (bicyclic) bond motifs is 2. The summed E-state index contributed by atoms with van der Waals surface area (Å²) in [5.41, 5.74) is 10.3. The molecule has 0 radical (unpaired) electrons. The van der Waals surface area contributed by atoms with Crippen LogP contribution < -0.4 is 11.3 Å². The van der Waals surface area contributed by atoms with Crippen molar-refractivity contribution in [2.24, 2.45) is 16.6 Å². The van der Waals surface area contributed by atoms with Crippen LogP contribution in [-0.2, 0) is 20.4 Å². The van der Waals surface area contributed by atoms with E-state index in [0.717, 1.165) is 59.0 Å². The third-order valence-electron chi connectivity index (χ3n) is 7.79. The highest BCUT2D eigenvalue weighted by Crippen LogP contribution is 2.47. The van der Waals surface area contributed by atoms with E-state index in [0.29, 0.717) is 55.9 Å². The maximum atomic E-state index is 13.3. The summed E-state index contributed by atoms with van der Waals surface area (Å²) in [7, 11) is -2.29. The fourth-order valence-electron chi connectivity index (χ4n) is 5.72. The van der Waals surface area contributed by atoms with E-state index in [1.807, 2.05) is 56.3 Å². The first-order valence-electron chi connectivity index (χ1n) is 15.4. The summed E-state index contributed by atoms with van der Waals surface area (Å²) in [4.78, 5) is 31.2. The lowest BCUT2D eigenvalue weighted by Gasteiger charge is -2.23. The Morgan fingerprint density at radius 2 is 1.72 bits per heavy atom. The lowest BCUT2D eigenvalue weighted by atomic mass is 9.89. The number of rotatable bonds is 15. The second-order valence-electron chi connectivity index (χ2n) is 11.1. The Bertz CT molecular complexity index is 1610. The number of ketones is 1. The molecule has 0 spiro atoms. The van der Waals surface area contributed by atoms with Crippen LogP contribution >= 0.6 is 7.34 Å². The molecular weight excluding hydrogens is 559 g/mol. The van der Waals surface area contributed by atoms with Gasteiger partial charge < -0.3 is 14.8 Å². The molecule has 9 heteroatoms. The smallest absolute Gasteiger partial charge is 0.274 e. The van der Waals surface area contributed by atoms with Gasteiger partial charge in [0.1, 0.15) is 13.2 Å². The molecule has 2 N–H and O–H groups in total. The summed E-state index contributed by atoms with van der Waals surface area (Å²) >= 11 is 0. The number of amidine groups is 1. The lowest BCUT2D eigenvalue weighted by Crippen LogP contribution is -2.24. The van der Waals surface area contributed by atoms with Crippen LogP contribution in [0.4, 0.5) is 5.69 Å². The number of aryl methyl sites for hydroxylation is 1. The van der Waals surface area contributed by atoms with Gasteiger partial charge in [-0.1, -0.05) is 64.0 Å². The van der Waals surface area contributed by atoms with Crippen LogP contribution in [0.15, 0.2) is 58.0 Å². The molecule has 0 amide bonds. The SMILES string of the molecule is C=P(CCn1ncc2cc(-c3ccc4c(c3)N=C(N)CC(C(=O)CC(CCC)CCC)=C4)ccc2c1=O)(OCC)OCC. The number of nitrogens with zero attached hydrogens (tertiary/aromatic N) is 3. The Morgan fingerprint density at radius 1 is 1.05 bits per heavy atom. The third kappa shape index (κ3) is 8.20. The first kappa shape index (κ1) is 32.6. The van der Waals surface area contributed by atoms with E-state index in [1.54, 1.807) is 6.20 Å². The van der Waals surface area contributed by atoms with Crippen molar-refractivity contribution in [1.29, 1.82) is 0 Å². The molecular formula is C34H45N4O4P. The molecule has 2 aromatic carbocycles. The highest BCUT2D eigenvalue weighted by molar-refractivity contribution is 7.64. The van der Waals surface area contributed by atoms with E-state index in [1.165, 1.54) is 4.68 Å². The number of aliphatic imine (C=N–C) groups is 1. The van der Waals surface area contributed by atoms with Gasteiger partial charge in [-0.05, 0) is 55.2 Å². The van der Waals surface area contributed by atoms with Crippen molar-refractivity contribution in [3.8, 4) is 11.1 Å². The molecule has 0 saturated carbocycles. The van der Waals surface area contributed by atoms with Gasteiger partial charge in [-0.15, -0.1) is 0 Å². The fraction of sp³-hybridized carbons (Fsp3) is 0.441. The monoisotopic (exact) mass is 604 g/mol. The molecule has 2 heterocycles. The predicted molar refractivity (Wildman–Crippen MR) is 180 cm³/mol. The molecule has 1 aliphatic rings. The van der Waals surface area contributed by atoms with Crippen LogP contribution in [0.5, 0.6) is 0 Å². The van der Waals surface area contributed by atoms with E-state index < -0.39 is 7.34 Å². The summed E-state index contributed by atoms with van der Waals surface area (Å²) in [6, 6.07) is 11.7. The zero-order valence-electron chi connectivity index (χ0n) is 26.0. The number of hydrogen-bond acceptors (Lipinski definition) is 7. The number of carbonyl (C=O) groups excluding carboxylic acids is 1. The molecule has 0 fully saturated rings. The average Bonchev–Trinajstić information content (AvgIpc) is 3.14.